The summed E-state index contributed by atoms with van der Waals surface area (Å²) in [5.41, 5.74) is 0.0382. The monoisotopic (exact) mass is 171 g/mol. The van der Waals surface area contributed by atoms with E-state index < -0.39 is 0 Å². The van der Waals surface area contributed by atoms with Gasteiger partial charge < -0.3 is 4.74 Å². The fraction of sp³-hybridized carbons (Fsp3) is 1.00. The third kappa shape index (κ3) is 1.99. The maximum absolute atomic E-state index is 5.93. The molecular weight excluding hydrogens is 150 g/mol. The average Bonchev–Trinajstić information content (AvgIpc) is 2.29. The minimum atomic E-state index is 0.0382. The van der Waals surface area contributed by atoms with Crippen LogP contribution in [-0.2, 0) is 4.74 Å². The van der Waals surface area contributed by atoms with Gasteiger partial charge in [-0.05, 0) is 39.8 Å². The Morgan fingerprint density at radius 3 is 2.58 bits per heavy atom. The van der Waals surface area contributed by atoms with Crippen molar-refractivity contribution in [3.8, 4) is 0 Å². The molecule has 0 N–H and O–H groups in total. The molecule has 1 atom stereocenters. The molecule has 2 nitrogen and oxygen atoms in total. The second-order valence-corrected chi connectivity index (χ2v) is 3.85. The van der Waals surface area contributed by atoms with Gasteiger partial charge >= 0.3 is 0 Å². The number of hydrogen-bond donors (Lipinski definition) is 0. The van der Waals surface area contributed by atoms with E-state index in [-0.39, 0.29) is 5.72 Å². The zero-order valence-corrected chi connectivity index (χ0v) is 8.60. The van der Waals surface area contributed by atoms with E-state index in [1.807, 2.05) is 0 Å². The summed E-state index contributed by atoms with van der Waals surface area (Å²) in [5.74, 6) is 0. The van der Waals surface area contributed by atoms with E-state index >= 15 is 0 Å². The van der Waals surface area contributed by atoms with E-state index in [0.29, 0.717) is 0 Å². The number of nitrogens with zero attached hydrogens (tertiary/aromatic N) is 1. The first kappa shape index (κ1) is 10.0. The van der Waals surface area contributed by atoms with Crippen molar-refractivity contribution < 1.29 is 4.74 Å². The number of hydrogen-bond acceptors (Lipinski definition) is 2. The molecule has 0 aromatic heterocycles. The van der Waals surface area contributed by atoms with Crippen LogP contribution in [0.1, 0.15) is 39.0 Å². The highest BCUT2D eigenvalue weighted by atomic mass is 16.5. The Balaban J connectivity index is 2.61. The van der Waals surface area contributed by atoms with Crippen molar-refractivity contribution in [2.45, 2.75) is 44.8 Å². The van der Waals surface area contributed by atoms with E-state index in [0.717, 1.165) is 13.0 Å². The van der Waals surface area contributed by atoms with Crippen molar-refractivity contribution in [1.29, 1.82) is 0 Å². The molecule has 0 saturated carbocycles. The van der Waals surface area contributed by atoms with Crippen LogP contribution in [0.15, 0.2) is 0 Å². The lowest BCUT2D eigenvalue weighted by Crippen LogP contribution is -2.45. The molecule has 0 aromatic rings. The fourth-order valence-electron chi connectivity index (χ4n) is 1.96. The van der Waals surface area contributed by atoms with Crippen molar-refractivity contribution in [2.75, 3.05) is 20.7 Å². The van der Waals surface area contributed by atoms with Gasteiger partial charge in [0.25, 0.3) is 0 Å². The van der Waals surface area contributed by atoms with Crippen LogP contribution in [0.3, 0.4) is 0 Å². The Kier molecular flexibility index (Phi) is 3.53. The van der Waals surface area contributed by atoms with Gasteiger partial charge in [0.1, 0.15) is 5.72 Å². The smallest absolute Gasteiger partial charge is 0.120 e. The zero-order chi connectivity index (χ0) is 9.03. The van der Waals surface area contributed by atoms with Crippen LogP contribution in [-0.4, -0.2) is 31.3 Å². The highest BCUT2D eigenvalue weighted by Crippen LogP contribution is 2.28. The van der Waals surface area contributed by atoms with Crippen molar-refractivity contribution in [3.05, 3.63) is 0 Å². The largest absolute Gasteiger partial charge is 0.360 e. The van der Waals surface area contributed by atoms with Crippen molar-refractivity contribution in [3.63, 3.8) is 0 Å². The minimum Gasteiger partial charge on any atom is -0.360 e. The van der Waals surface area contributed by atoms with Gasteiger partial charge in [-0.25, -0.2) is 0 Å². The fourth-order valence-corrected chi connectivity index (χ4v) is 1.96. The molecule has 2 heteroatoms. The van der Waals surface area contributed by atoms with Crippen molar-refractivity contribution in [1.82, 2.24) is 4.90 Å². The first-order chi connectivity index (χ1) is 5.71. The molecule has 12 heavy (non-hydrogen) atoms. The third-order valence-electron chi connectivity index (χ3n) is 2.95. The lowest BCUT2D eigenvalue weighted by Gasteiger charge is -2.38. The molecule has 1 fully saturated rings. The predicted octanol–water partition coefficient (Wildman–Crippen LogP) is 2.24. The molecule has 1 aliphatic rings. The van der Waals surface area contributed by atoms with Crippen molar-refractivity contribution >= 4 is 0 Å². The second-order valence-electron chi connectivity index (χ2n) is 3.85. The molecule has 1 rings (SSSR count). The number of rotatable bonds is 2. The molecule has 0 radical (unpaired) electrons. The Labute approximate surface area is 75.9 Å². The zero-order valence-electron chi connectivity index (χ0n) is 8.60. The Morgan fingerprint density at radius 2 is 2.00 bits per heavy atom. The molecular formula is C10H21NO. The Bertz CT molecular complexity index is 126. The first-order valence-electron chi connectivity index (χ1n) is 5.03. The first-order valence-corrected chi connectivity index (χ1v) is 5.03. The van der Waals surface area contributed by atoms with Gasteiger partial charge in [-0.1, -0.05) is 13.3 Å². The quantitative estimate of drug-likeness (QED) is 0.632. The Morgan fingerprint density at radius 1 is 1.25 bits per heavy atom. The highest BCUT2D eigenvalue weighted by molar-refractivity contribution is 4.78. The van der Waals surface area contributed by atoms with E-state index in [9.17, 15) is 0 Å². The van der Waals surface area contributed by atoms with Crippen LogP contribution < -0.4 is 0 Å². The minimum absolute atomic E-state index is 0.0382. The molecule has 1 heterocycles. The van der Waals surface area contributed by atoms with Gasteiger partial charge in [-0.2, -0.15) is 0 Å². The maximum atomic E-state index is 5.93. The summed E-state index contributed by atoms with van der Waals surface area (Å²) in [5, 5.41) is 0. The summed E-state index contributed by atoms with van der Waals surface area (Å²) in [6, 6.07) is 0. The Hall–Kier alpha value is -0.0800. The summed E-state index contributed by atoms with van der Waals surface area (Å²) in [6.07, 6.45) is 6.16. The second kappa shape index (κ2) is 4.24. The van der Waals surface area contributed by atoms with E-state index in [4.69, 9.17) is 4.74 Å². The normalized spacial score (nSPS) is 32.0. The van der Waals surface area contributed by atoms with E-state index in [2.05, 4.69) is 25.9 Å². The topological polar surface area (TPSA) is 12.5 Å². The van der Waals surface area contributed by atoms with Crippen LogP contribution in [0, 0.1) is 0 Å². The van der Waals surface area contributed by atoms with Crippen molar-refractivity contribution in [2.24, 2.45) is 0 Å². The van der Waals surface area contributed by atoms with Gasteiger partial charge in [0, 0.05) is 6.61 Å². The van der Waals surface area contributed by atoms with Gasteiger partial charge in [0.2, 0.25) is 0 Å². The summed E-state index contributed by atoms with van der Waals surface area (Å²) in [4.78, 5) is 2.23. The van der Waals surface area contributed by atoms with Gasteiger partial charge in [0.15, 0.2) is 0 Å². The lowest BCUT2D eigenvalue weighted by atomic mass is 10.0. The standard InChI is InChI=1S/C10H21NO/c1-4-10(11(2)3)8-6-5-7-9-12-10/h4-9H2,1-3H3. The van der Waals surface area contributed by atoms with Crippen LogP contribution in [0.25, 0.3) is 0 Å². The summed E-state index contributed by atoms with van der Waals surface area (Å²) in [7, 11) is 4.24. The summed E-state index contributed by atoms with van der Waals surface area (Å²) in [6.45, 7) is 3.15. The molecule has 1 unspecified atom stereocenters. The number of ether oxygens (including phenoxy) is 1. The van der Waals surface area contributed by atoms with Crippen LogP contribution >= 0.6 is 0 Å². The maximum Gasteiger partial charge on any atom is 0.120 e. The molecule has 0 bridgehead atoms. The highest BCUT2D eigenvalue weighted by Gasteiger charge is 2.32. The molecule has 1 aliphatic heterocycles. The molecule has 0 aromatic carbocycles. The van der Waals surface area contributed by atoms with Gasteiger partial charge in [-0.15, -0.1) is 0 Å². The van der Waals surface area contributed by atoms with Gasteiger partial charge in [-0.3, -0.25) is 4.90 Å². The molecule has 0 aliphatic carbocycles. The SMILES string of the molecule is CCC1(N(C)C)CCCCCO1. The molecule has 0 spiro atoms. The predicted molar refractivity (Wildman–Crippen MR) is 51.1 cm³/mol. The molecule has 1 saturated heterocycles. The molecule has 0 amide bonds. The van der Waals surface area contributed by atoms with Crippen LogP contribution in [0.4, 0.5) is 0 Å². The lowest BCUT2D eigenvalue weighted by molar-refractivity contribution is -0.138. The van der Waals surface area contributed by atoms with E-state index in [1.54, 1.807) is 0 Å². The average molecular weight is 171 g/mol. The van der Waals surface area contributed by atoms with Crippen LogP contribution in [0.2, 0.25) is 0 Å². The van der Waals surface area contributed by atoms with Crippen LogP contribution in [0.5, 0.6) is 0 Å². The molecule has 72 valence electrons. The van der Waals surface area contributed by atoms with E-state index in [1.165, 1.54) is 25.7 Å². The summed E-state index contributed by atoms with van der Waals surface area (Å²) < 4.78 is 5.93. The third-order valence-corrected chi connectivity index (χ3v) is 2.95. The summed E-state index contributed by atoms with van der Waals surface area (Å²) >= 11 is 0. The van der Waals surface area contributed by atoms with Gasteiger partial charge in [0.05, 0.1) is 0 Å².